The number of nitro groups is 1. The maximum atomic E-state index is 13.9. The van der Waals surface area contributed by atoms with Gasteiger partial charge >= 0.3 is 0 Å². The molecule has 0 unspecified atom stereocenters. The van der Waals surface area contributed by atoms with Gasteiger partial charge in [0.1, 0.15) is 6.04 Å². The number of ketones is 1. The SMILES string of the molecule is O=C(c1ccc([N+](=O)[O-])cc1)[C@@H]1[C@@H]2C(=O)N(C3CCCCC3)C(=O)[C@@H]2[C@H]2c3ccccc3C=CN12. The minimum atomic E-state index is -0.846. The monoisotopic (exact) mass is 471 g/mol. The van der Waals surface area contributed by atoms with Crippen molar-refractivity contribution in [3.05, 3.63) is 81.5 Å². The number of non-ortho nitro benzene ring substituents is 1. The first kappa shape index (κ1) is 21.7. The fourth-order valence-corrected chi connectivity index (χ4v) is 6.50. The summed E-state index contributed by atoms with van der Waals surface area (Å²) in [6.45, 7) is 0. The number of Topliss-reactive ketones (excluding diaryl/α,β-unsaturated/α-hetero) is 1. The fraction of sp³-hybridized carbons (Fsp3) is 0.370. The largest absolute Gasteiger partial charge is 0.358 e. The van der Waals surface area contributed by atoms with E-state index in [1.54, 1.807) is 0 Å². The lowest BCUT2D eigenvalue weighted by molar-refractivity contribution is -0.384. The van der Waals surface area contributed by atoms with Gasteiger partial charge in [-0.15, -0.1) is 0 Å². The molecule has 2 aromatic carbocycles. The van der Waals surface area contributed by atoms with E-state index in [-0.39, 0.29) is 29.3 Å². The van der Waals surface area contributed by atoms with E-state index < -0.39 is 28.8 Å². The Kier molecular flexibility index (Phi) is 5.05. The number of nitro benzene ring substituents is 1. The highest BCUT2D eigenvalue weighted by molar-refractivity contribution is 6.12. The molecule has 1 saturated carbocycles. The van der Waals surface area contributed by atoms with Crippen molar-refractivity contribution in [2.24, 2.45) is 11.8 Å². The number of imide groups is 1. The van der Waals surface area contributed by atoms with E-state index >= 15 is 0 Å². The minimum Gasteiger partial charge on any atom is -0.358 e. The third-order valence-corrected chi connectivity index (χ3v) is 8.07. The predicted molar refractivity (Wildman–Crippen MR) is 127 cm³/mol. The zero-order valence-electron chi connectivity index (χ0n) is 19.1. The van der Waals surface area contributed by atoms with Crippen LogP contribution in [0, 0.1) is 22.0 Å². The second-order valence-corrected chi connectivity index (χ2v) is 9.84. The second kappa shape index (κ2) is 8.15. The van der Waals surface area contributed by atoms with Crippen LogP contribution in [0.4, 0.5) is 5.69 Å². The van der Waals surface area contributed by atoms with Crippen LogP contribution in [0.3, 0.4) is 0 Å². The first-order chi connectivity index (χ1) is 17.0. The molecule has 6 rings (SSSR count). The third-order valence-electron chi connectivity index (χ3n) is 8.07. The number of fused-ring (bicyclic) bond motifs is 5. The summed E-state index contributed by atoms with van der Waals surface area (Å²) in [5.74, 6) is -2.15. The van der Waals surface area contributed by atoms with Crippen LogP contribution in [-0.4, -0.2) is 44.4 Å². The highest BCUT2D eigenvalue weighted by atomic mass is 16.6. The Morgan fingerprint density at radius 1 is 0.914 bits per heavy atom. The van der Waals surface area contributed by atoms with Gasteiger partial charge in [-0.25, -0.2) is 0 Å². The molecule has 0 bridgehead atoms. The molecule has 2 saturated heterocycles. The molecular weight excluding hydrogens is 446 g/mol. The van der Waals surface area contributed by atoms with Crippen molar-refractivity contribution >= 4 is 29.4 Å². The Labute approximate surface area is 202 Å². The van der Waals surface area contributed by atoms with Gasteiger partial charge < -0.3 is 4.90 Å². The molecule has 3 aliphatic heterocycles. The first-order valence-corrected chi connectivity index (χ1v) is 12.2. The lowest BCUT2D eigenvalue weighted by Gasteiger charge is -2.37. The number of carbonyl (C=O) groups excluding carboxylic acids is 3. The molecule has 8 heteroatoms. The van der Waals surface area contributed by atoms with E-state index in [0.717, 1.165) is 43.2 Å². The second-order valence-electron chi connectivity index (χ2n) is 9.84. The number of hydrogen-bond donors (Lipinski definition) is 0. The molecule has 0 radical (unpaired) electrons. The topological polar surface area (TPSA) is 101 Å². The normalized spacial score (nSPS) is 27.5. The molecule has 4 aliphatic rings. The Hall–Kier alpha value is -3.81. The Bertz CT molecular complexity index is 1260. The number of carbonyl (C=O) groups is 3. The maximum Gasteiger partial charge on any atom is 0.269 e. The van der Waals surface area contributed by atoms with E-state index in [1.165, 1.54) is 29.2 Å². The van der Waals surface area contributed by atoms with Crippen LogP contribution < -0.4 is 0 Å². The van der Waals surface area contributed by atoms with Crippen LogP contribution in [0.25, 0.3) is 6.08 Å². The molecule has 2 aromatic rings. The lowest BCUT2D eigenvalue weighted by atomic mass is 9.83. The maximum absolute atomic E-state index is 13.9. The van der Waals surface area contributed by atoms with Crippen molar-refractivity contribution in [3.63, 3.8) is 0 Å². The molecule has 0 spiro atoms. The molecule has 35 heavy (non-hydrogen) atoms. The predicted octanol–water partition coefficient (Wildman–Crippen LogP) is 4.12. The summed E-state index contributed by atoms with van der Waals surface area (Å²) in [6.07, 6.45) is 8.44. The molecule has 8 nitrogen and oxygen atoms in total. The summed E-state index contributed by atoms with van der Waals surface area (Å²) in [4.78, 5) is 55.5. The van der Waals surface area contributed by atoms with Crippen LogP contribution in [0.5, 0.6) is 0 Å². The van der Waals surface area contributed by atoms with Crippen molar-refractivity contribution in [2.45, 2.75) is 50.2 Å². The van der Waals surface area contributed by atoms with Crippen LogP contribution in [0.1, 0.15) is 59.6 Å². The average molecular weight is 472 g/mol. The molecular formula is C27H25N3O5. The van der Waals surface area contributed by atoms with E-state index in [1.807, 2.05) is 41.4 Å². The number of amides is 2. The molecule has 3 heterocycles. The van der Waals surface area contributed by atoms with E-state index in [9.17, 15) is 24.5 Å². The van der Waals surface area contributed by atoms with Gasteiger partial charge in [0.15, 0.2) is 5.78 Å². The molecule has 0 N–H and O–H groups in total. The zero-order chi connectivity index (χ0) is 24.3. The van der Waals surface area contributed by atoms with Gasteiger partial charge in [0.25, 0.3) is 5.69 Å². The summed E-state index contributed by atoms with van der Waals surface area (Å²) >= 11 is 0. The van der Waals surface area contributed by atoms with Gasteiger partial charge in [0, 0.05) is 29.9 Å². The van der Waals surface area contributed by atoms with Crippen molar-refractivity contribution in [3.8, 4) is 0 Å². The van der Waals surface area contributed by atoms with Gasteiger partial charge in [-0.3, -0.25) is 29.4 Å². The van der Waals surface area contributed by atoms with Gasteiger partial charge in [-0.1, -0.05) is 43.5 Å². The van der Waals surface area contributed by atoms with Crippen LogP contribution in [0.2, 0.25) is 0 Å². The number of likely N-dealkylation sites (tertiary alicyclic amines) is 1. The van der Waals surface area contributed by atoms with Crippen molar-refractivity contribution in [2.75, 3.05) is 0 Å². The van der Waals surface area contributed by atoms with E-state index in [0.29, 0.717) is 5.56 Å². The van der Waals surface area contributed by atoms with Gasteiger partial charge in [-0.2, -0.15) is 0 Å². The zero-order valence-corrected chi connectivity index (χ0v) is 19.1. The van der Waals surface area contributed by atoms with Crippen molar-refractivity contribution in [1.82, 2.24) is 9.80 Å². The highest BCUT2D eigenvalue weighted by Gasteiger charge is 2.65. The highest BCUT2D eigenvalue weighted by Crippen LogP contribution is 2.53. The molecule has 0 aromatic heterocycles. The van der Waals surface area contributed by atoms with Crippen LogP contribution >= 0.6 is 0 Å². The standard InChI is InChI=1S/C27H25N3O5/c31-25(17-10-12-19(13-11-17)30(34)35)24-22-21(23-20-9-5-4-6-16(20)14-15-28(23)24)26(32)29(27(22)33)18-7-2-1-3-8-18/h4-6,9-15,18,21-24H,1-3,7-8H2/t21-,22+,23+,24-/m0/s1. The minimum absolute atomic E-state index is 0.104. The quantitative estimate of drug-likeness (QED) is 0.288. The van der Waals surface area contributed by atoms with Gasteiger partial charge in [0.05, 0.1) is 22.8 Å². The summed E-state index contributed by atoms with van der Waals surface area (Å²) < 4.78 is 0. The van der Waals surface area contributed by atoms with Crippen LogP contribution in [-0.2, 0) is 9.59 Å². The number of hydrogen-bond acceptors (Lipinski definition) is 6. The Morgan fingerprint density at radius 3 is 2.31 bits per heavy atom. The van der Waals surface area contributed by atoms with Crippen molar-refractivity contribution < 1.29 is 19.3 Å². The van der Waals surface area contributed by atoms with Gasteiger partial charge in [-0.05, 0) is 42.2 Å². The Balaban J connectivity index is 1.43. The fourth-order valence-electron chi connectivity index (χ4n) is 6.50. The molecule has 4 atom stereocenters. The summed E-state index contributed by atoms with van der Waals surface area (Å²) in [6, 6.07) is 11.9. The van der Waals surface area contributed by atoms with E-state index in [4.69, 9.17) is 0 Å². The van der Waals surface area contributed by atoms with Crippen molar-refractivity contribution in [1.29, 1.82) is 0 Å². The first-order valence-electron chi connectivity index (χ1n) is 12.2. The van der Waals surface area contributed by atoms with Gasteiger partial charge in [0.2, 0.25) is 11.8 Å². The summed E-state index contributed by atoms with van der Waals surface area (Å²) in [5, 5.41) is 11.1. The molecule has 3 fully saturated rings. The Morgan fingerprint density at radius 2 is 1.60 bits per heavy atom. The number of rotatable bonds is 4. The summed E-state index contributed by atoms with van der Waals surface area (Å²) in [5.41, 5.74) is 2.11. The lowest BCUT2D eigenvalue weighted by Crippen LogP contribution is -2.47. The van der Waals surface area contributed by atoms with E-state index in [2.05, 4.69) is 0 Å². The van der Waals surface area contributed by atoms with Crippen LogP contribution in [0.15, 0.2) is 54.7 Å². The number of nitrogens with zero attached hydrogens (tertiary/aromatic N) is 3. The number of benzene rings is 2. The molecule has 178 valence electrons. The third kappa shape index (κ3) is 3.23. The smallest absolute Gasteiger partial charge is 0.269 e. The average Bonchev–Trinajstić information content (AvgIpc) is 3.36. The molecule has 2 amide bonds. The molecule has 1 aliphatic carbocycles. The summed E-state index contributed by atoms with van der Waals surface area (Å²) in [7, 11) is 0.